The molecule has 1 aromatic rings. The first-order valence-electron chi connectivity index (χ1n) is 5.86. The SMILES string of the molecule is N/C(=N/O)c1ccc(CNC2CNC(=O)C2)c(F)c1. The van der Waals surface area contributed by atoms with Gasteiger partial charge in [-0.1, -0.05) is 17.3 Å². The zero-order valence-corrected chi connectivity index (χ0v) is 10.2. The molecule has 5 N–H and O–H groups in total. The van der Waals surface area contributed by atoms with Crippen LogP contribution in [0.2, 0.25) is 0 Å². The minimum atomic E-state index is -0.436. The van der Waals surface area contributed by atoms with Crippen LogP contribution in [0, 0.1) is 5.82 Å². The van der Waals surface area contributed by atoms with E-state index < -0.39 is 5.82 Å². The molecule has 0 radical (unpaired) electrons. The topological polar surface area (TPSA) is 99.7 Å². The Labute approximate surface area is 109 Å². The van der Waals surface area contributed by atoms with Crippen molar-refractivity contribution in [1.29, 1.82) is 0 Å². The summed E-state index contributed by atoms with van der Waals surface area (Å²) in [4.78, 5) is 11.0. The van der Waals surface area contributed by atoms with Gasteiger partial charge in [0.25, 0.3) is 0 Å². The van der Waals surface area contributed by atoms with Crippen molar-refractivity contribution in [2.45, 2.75) is 19.0 Å². The number of carbonyl (C=O) groups excluding carboxylic acids is 1. The number of amidine groups is 1. The van der Waals surface area contributed by atoms with Gasteiger partial charge in [-0.2, -0.15) is 0 Å². The van der Waals surface area contributed by atoms with Crippen molar-refractivity contribution < 1.29 is 14.4 Å². The molecule has 1 atom stereocenters. The molecule has 1 aliphatic heterocycles. The zero-order valence-electron chi connectivity index (χ0n) is 10.2. The standard InChI is InChI=1S/C12H15FN4O2/c13-10-3-7(12(14)17-19)1-2-8(10)5-15-9-4-11(18)16-6-9/h1-3,9,15,19H,4-6H2,(H2,14,17)(H,16,18). The van der Waals surface area contributed by atoms with Crippen molar-refractivity contribution in [3.8, 4) is 0 Å². The van der Waals surface area contributed by atoms with Gasteiger partial charge in [-0.15, -0.1) is 0 Å². The molecule has 0 spiro atoms. The van der Waals surface area contributed by atoms with Crippen LogP contribution in [0.4, 0.5) is 4.39 Å². The highest BCUT2D eigenvalue weighted by Gasteiger charge is 2.20. The molecule has 1 unspecified atom stereocenters. The summed E-state index contributed by atoms with van der Waals surface area (Å²) in [6, 6.07) is 4.38. The summed E-state index contributed by atoms with van der Waals surface area (Å²) in [5.41, 5.74) is 6.16. The first-order chi connectivity index (χ1) is 9.10. The van der Waals surface area contributed by atoms with Gasteiger partial charge in [0.2, 0.25) is 5.91 Å². The lowest BCUT2D eigenvalue weighted by Crippen LogP contribution is -2.30. The third-order valence-electron chi connectivity index (χ3n) is 3.02. The second-order valence-corrected chi connectivity index (χ2v) is 4.38. The van der Waals surface area contributed by atoms with Crippen LogP contribution >= 0.6 is 0 Å². The van der Waals surface area contributed by atoms with E-state index in [1.54, 1.807) is 12.1 Å². The molecule has 2 rings (SSSR count). The number of nitrogens with one attached hydrogen (secondary N) is 2. The number of hydrogen-bond acceptors (Lipinski definition) is 4. The lowest BCUT2D eigenvalue weighted by atomic mass is 10.1. The average molecular weight is 266 g/mol. The van der Waals surface area contributed by atoms with Crippen LogP contribution in [-0.4, -0.2) is 29.5 Å². The third-order valence-corrected chi connectivity index (χ3v) is 3.02. The molecule has 7 heteroatoms. The Kier molecular flexibility index (Phi) is 3.96. The number of carbonyl (C=O) groups is 1. The van der Waals surface area contributed by atoms with Crippen molar-refractivity contribution >= 4 is 11.7 Å². The van der Waals surface area contributed by atoms with E-state index in [4.69, 9.17) is 10.9 Å². The lowest BCUT2D eigenvalue weighted by Gasteiger charge is -2.11. The Morgan fingerprint density at radius 2 is 2.42 bits per heavy atom. The molecule has 1 amide bonds. The summed E-state index contributed by atoms with van der Waals surface area (Å²) >= 11 is 0. The first-order valence-corrected chi connectivity index (χ1v) is 5.86. The Balaban J connectivity index is 1.99. The van der Waals surface area contributed by atoms with Crippen molar-refractivity contribution in [2.24, 2.45) is 10.9 Å². The number of nitrogens with two attached hydrogens (primary N) is 1. The van der Waals surface area contributed by atoms with Crippen molar-refractivity contribution in [3.63, 3.8) is 0 Å². The van der Waals surface area contributed by atoms with Crippen LogP contribution in [-0.2, 0) is 11.3 Å². The fraction of sp³-hybridized carbons (Fsp3) is 0.333. The van der Waals surface area contributed by atoms with Gasteiger partial charge < -0.3 is 21.6 Å². The molecule has 1 saturated heterocycles. The molecule has 0 aliphatic carbocycles. The van der Waals surface area contributed by atoms with E-state index >= 15 is 0 Å². The molecular weight excluding hydrogens is 251 g/mol. The van der Waals surface area contributed by atoms with Crippen LogP contribution in [0.3, 0.4) is 0 Å². The fourth-order valence-electron chi connectivity index (χ4n) is 1.91. The highest BCUT2D eigenvalue weighted by atomic mass is 19.1. The maximum absolute atomic E-state index is 13.8. The maximum Gasteiger partial charge on any atom is 0.221 e. The monoisotopic (exact) mass is 266 g/mol. The van der Waals surface area contributed by atoms with Crippen LogP contribution in [0.1, 0.15) is 17.5 Å². The van der Waals surface area contributed by atoms with Crippen molar-refractivity contribution in [3.05, 3.63) is 35.1 Å². The van der Waals surface area contributed by atoms with Gasteiger partial charge in [-0.05, 0) is 6.07 Å². The molecule has 19 heavy (non-hydrogen) atoms. The van der Waals surface area contributed by atoms with Gasteiger partial charge in [0.1, 0.15) is 5.82 Å². The number of halogens is 1. The highest BCUT2D eigenvalue weighted by molar-refractivity contribution is 5.97. The second-order valence-electron chi connectivity index (χ2n) is 4.38. The predicted molar refractivity (Wildman–Crippen MR) is 67.2 cm³/mol. The summed E-state index contributed by atoms with van der Waals surface area (Å²) in [6.07, 6.45) is 0.407. The molecule has 1 aromatic carbocycles. The molecule has 1 aliphatic rings. The van der Waals surface area contributed by atoms with Crippen molar-refractivity contribution in [1.82, 2.24) is 10.6 Å². The number of amides is 1. The summed E-state index contributed by atoms with van der Waals surface area (Å²) in [5, 5.41) is 17.1. The fourth-order valence-corrected chi connectivity index (χ4v) is 1.91. The van der Waals surface area contributed by atoms with Gasteiger partial charge in [-0.3, -0.25) is 4.79 Å². The average Bonchev–Trinajstić information content (AvgIpc) is 2.82. The molecular formula is C12H15FN4O2. The van der Waals surface area contributed by atoms with E-state index in [0.29, 0.717) is 30.6 Å². The third kappa shape index (κ3) is 3.19. The second kappa shape index (κ2) is 5.66. The van der Waals surface area contributed by atoms with Gasteiger partial charge in [0.15, 0.2) is 5.84 Å². The van der Waals surface area contributed by atoms with E-state index in [9.17, 15) is 9.18 Å². The van der Waals surface area contributed by atoms with E-state index in [1.165, 1.54) is 6.07 Å². The zero-order chi connectivity index (χ0) is 13.8. The Bertz CT molecular complexity index is 518. The van der Waals surface area contributed by atoms with Crippen LogP contribution in [0.5, 0.6) is 0 Å². The summed E-state index contributed by atoms with van der Waals surface area (Å²) in [5.74, 6) is -0.571. The van der Waals surface area contributed by atoms with Crippen LogP contribution < -0.4 is 16.4 Å². The normalized spacial score (nSPS) is 19.5. The molecule has 1 heterocycles. The Hall–Kier alpha value is -2.15. The molecule has 0 aromatic heterocycles. The minimum absolute atomic E-state index is 0.000232. The molecule has 6 nitrogen and oxygen atoms in total. The van der Waals surface area contributed by atoms with Crippen molar-refractivity contribution in [2.75, 3.05) is 6.54 Å². The van der Waals surface area contributed by atoms with Gasteiger partial charge in [0, 0.05) is 36.7 Å². The summed E-state index contributed by atoms with van der Waals surface area (Å²) in [6.45, 7) is 0.880. The number of rotatable bonds is 4. The Morgan fingerprint density at radius 1 is 1.63 bits per heavy atom. The highest BCUT2D eigenvalue weighted by Crippen LogP contribution is 2.11. The van der Waals surface area contributed by atoms with Gasteiger partial charge >= 0.3 is 0 Å². The van der Waals surface area contributed by atoms with E-state index in [2.05, 4.69) is 15.8 Å². The molecule has 0 bridgehead atoms. The predicted octanol–water partition coefficient (Wildman–Crippen LogP) is -0.102. The maximum atomic E-state index is 13.8. The van der Waals surface area contributed by atoms with Crippen LogP contribution in [0.15, 0.2) is 23.4 Å². The van der Waals surface area contributed by atoms with Gasteiger partial charge in [-0.25, -0.2) is 4.39 Å². The van der Waals surface area contributed by atoms with E-state index in [1.807, 2.05) is 0 Å². The first kappa shape index (κ1) is 13.3. The molecule has 0 saturated carbocycles. The smallest absolute Gasteiger partial charge is 0.221 e. The lowest BCUT2D eigenvalue weighted by molar-refractivity contribution is -0.119. The quantitative estimate of drug-likeness (QED) is 0.264. The molecule has 102 valence electrons. The van der Waals surface area contributed by atoms with Gasteiger partial charge in [0.05, 0.1) is 0 Å². The largest absolute Gasteiger partial charge is 0.409 e. The Morgan fingerprint density at radius 3 is 3.00 bits per heavy atom. The number of hydrogen-bond donors (Lipinski definition) is 4. The van der Waals surface area contributed by atoms with E-state index in [-0.39, 0.29) is 17.8 Å². The summed E-state index contributed by atoms with van der Waals surface area (Å²) < 4.78 is 13.8. The van der Waals surface area contributed by atoms with E-state index in [0.717, 1.165) is 0 Å². The number of benzene rings is 1. The number of nitrogens with zero attached hydrogens (tertiary/aromatic N) is 1. The minimum Gasteiger partial charge on any atom is -0.409 e. The molecule has 1 fully saturated rings. The summed E-state index contributed by atoms with van der Waals surface area (Å²) in [7, 11) is 0. The van der Waals surface area contributed by atoms with Crippen LogP contribution in [0.25, 0.3) is 0 Å². The number of oxime groups is 1.